The van der Waals surface area contributed by atoms with Gasteiger partial charge in [0.2, 0.25) is 11.8 Å². The molecule has 0 bridgehead atoms. The predicted molar refractivity (Wildman–Crippen MR) is 72.9 cm³/mol. The average Bonchev–Trinajstić information content (AvgIpc) is 2.33. The molecule has 5 nitrogen and oxygen atoms in total. The van der Waals surface area contributed by atoms with Crippen molar-refractivity contribution in [2.45, 2.75) is 33.6 Å². The number of rotatable bonds is 8. The van der Waals surface area contributed by atoms with Gasteiger partial charge in [-0.3, -0.25) is 9.59 Å². The molecule has 0 aliphatic carbocycles. The lowest BCUT2D eigenvalue weighted by molar-refractivity contribution is -0.131. The standard InChI is InChI=1S/C13H27N3O2/c1-5-16(4)13(18)9-15-12(17)7-11(8-14)6-10(2)3/h10-11H,5-9,14H2,1-4H3,(H,15,17). The van der Waals surface area contributed by atoms with Gasteiger partial charge in [-0.05, 0) is 31.7 Å². The topological polar surface area (TPSA) is 75.4 Å². The van der Waals surface area contributed by atoms with Gasteiger partial charge in [-0.1, -0.05) is 13.8 Å². The molecule has 18 heavy (non-hydrogen) atoms. The Labute approximate surface area is 110 Å². The third-order valence-corrected chi connectivity index (χ3v) is 2.95. The van der Waals surface area contributed by atoms with Gasteiger partial charge in [-0.2, -0.15) is 0 Å². The number of likely N-dealkylation sites (N-methyl/N-ethyl adjacent to an activating group) is 1. The first-order chi connectivity index (χ1) is 8.40. The molecule has 3 N–H and O–H groups in total. The average molecular weight is 257 g/mol. The van der Waals surface area contributed by atoms with Crippen molar-refractivity contribution in [2.75, 3.05) is 26.7 Å². The number of hydrogen-bond donors (Lipinski definition) is 2. The van der Waals surface area contributed by atoms with Crippen LogP contribution in [0.4, 0.5) is 0 Å². The Bertz CT molecular complexity index is 267. The molecule has 0 radical (unpaired) electrons. The van der Waals surface area contributed by atoms with Gasteiger partial charge in [-0.25, -0.2) is 0 Å². The Morgan fingerprint density at radius 1 is 1.33 bits per heavy atom. The zero-order valence-corrected chi connectivity index (χ0v) is 12.0. The van der Waals surface area contributed by atoms with Crippen molar-refractivity contribution in [3.63, 3.8) is 0 Å². The zero-order chi connectivity index (χ0) is 14.1. The summed E-state index contributed by atoms with van der Waals surface area (Å²) in [6.07, 6.45) is 1.34. The Morgan fingerprint density at radius 3 is 2.39 bits per heavy atom. The van der Waals surface area contributed by atoms with Crippen molar-refractivity contribution >= 4 is 11.8 Å². The smallest absolute Gasteiger partial charge is 0.241 e. The summed E-state index contributed by atoms with van der Waals surface area (Å²) < 4.78 is 0. The SMILES string of the molecule is CCN(C)C(=O)CNC(=O)CC(CN)CC(C)C. The second kappa shape index (κ2) is 8.91. The first-order valence-corrected chi connectivity index (χ1v) is 6.61. The Balaban J connectivity index is 3.99. The Morgan fingerprint density at radius 2 is 1.94 bits per heavy atom. The predicted octanol–water partition coefficient (Wildman–Crippen LogP) is 0.592. The molecule has 0 spiro atoms. The lowest BCUT2D eigenvalue weighted by atomic mass is 9.94. The summed E-state index contributed by atoms with van der Waals surface area (Å²) in [4.78, 5) is 24.7. The fourth-order valence-electron chi connectivity index (χ4n) is 1.75. The van der Waals surface area contributed by atoms with Crippen molar-refractivity contribution in [1.29, 1.82) is 0 Å². The molecule has 106 valence electrons. The van der Waals surface area contributed by atoms with E-state index in [9.17, 15) is 9.59 Å². The lowest BCUT2D eigenvalue weighted by Crippen LogP contribution is -2.39. The van der Waals surface area contributed by atoms with Crippen molar-refractivity contribution in [3.8, 4) is 0 Å². The van der Waals surface area contributed by atoms with Crippen LogP contribution in [0, 0.1) is 11.8 Å². The molecule has 0 rings (SSSR count). The molecule has 0 aromatic carbocycles. The van der Waals surface area contributed by atoms with Crippen LogP contribution in [-0.4, -0.2) is 43.4 Å². The van der Waals surface area contributed by atoms with E-state index in [-0.39, 0.29) is 24.3 Å². The van der Waals surface area contributed by atoms with E-state index in [1.165, 1.54) is 0 Å². The molecular weight excluding hydrogens is 230 g/mol. The summed E-state index contributed by atoms with van der Waals surface area (Å²) >= 11 is 0. The van der Waals surface area contributed by atoms with Crippen LogP contribution in [0.1, 0.15) is 33.6 Å². The second-order valence-corrected chi connectivity index (χ2v) is 5.12. The van der Waals surface area contributed by atoms with Crippen LogP contribution < -0.4 is 11.1 Å². The van der Waals surface area contributed by atoms with E-state index in [0.717, 1.165) is 6.42 Å². The normalized spacial score (nSPS) is 12.3. The molecule has 5 heteroatoms. The van der Waals surface area contributed by atoms with Crippen LogP contribution in [0.2, 0.25) is 0 Å². The van der Waals surface area contributed by atoms with Crippen LogP contribution in [0.5, 0.6) is 0 Å². The molecule has 0 fully saturated rings. The lowest BCUT2D eigenvalue weighted by Gasteiger charge is -2.18. The first-order valence-electron chi connectivity index (χ1n) is 6.61. The largest absolute Gasteiger partial charge is 0.347 e. The maximum absolute atomic E-state index is 11.7. The van der Waals surface area contributed by atoms with Gasteiger partial charge in [-0.15, -0.1) is 0 Å². The molecule has 1 atom stereocenters. The second-order valence-electron chi connectivity index (χ2n) is 5.12. The van der Waals surface area contributed by atoms with Crippen LogP contribution in [-0.2, 0) is 9.59 Å². The highest BCUT2D eigenvalue weighted by Crippen LogP contribution is 2.13. The summed E-state index contributed by atoms with van der Waals surface area (Å²) in [6.45, 7) is 7.34. The summed E-state index contributed by atoms with van der Waals surface area (Å²) in [5.74, 6) is 0.561. The van der Waals surface area contributed by atoms with Gasteiger partial charge in [0, 0.05) is 20.0 Å². The zero-order valence-electron chi connectivity index (χ0n) is 12.0. The number of carbonyl (C=O) groups excluding carboxylic acids is 2. The van der Waals surface area contributed by atoms with Crippen molar-refractivity contribution in [1.82, 2.24) is 10.2 Å². The number of amides is 2. The summed E-state index contributed by atoms with van der Waals surface area (Å²) in [5, 5.41) is 2.65. The highest BCUT2D eigenvalue weighted by Gasteiger charge is 2.15. The van der Waals surface area contributed by atoms with Crippen molar-refractivity contribution in [3.05, 3.63) is 0 Å². The van der Waals surface area contributed by atoms with E-state index in [4.69, 9.17) is 5.73 Å². The van der Waals surface area contributed by atoms with E-state index < -0.39 is 0 Å². The van der Waals surface area contributed by atoms with Crippen LogP contribution >= 0.6 is 0 Å². The summed E-state index contributed by atoms with van der Waals surface area (Å²) in [7, 11) is 1.72. The third-order valence-electron chi connectivity index (χ3n) is 2.95. The van der Waals surface area contributed by atoms with Gasteiger partial charge < -0.3 is 16.0 Å². The number of carbonyl (C=O) groups is 2. The monoisotopic (exact) mass is 257 g/mol. The summed E-state index contributed by atoms with van der Waals surface area (Å²) in [5.41, 5.74) is 5.64. The van der Waals surface area contributed by atoms with Crippen molar-refractivity contribution in [2.24, 2.45) is 17.6 Å². The highest BCUT2D eigenvalue weighted by atomic mass is 16.2. The van der Waals surface area contributed by atoms with Gasteiger partial charge in [0.05, 0.1) is 6.54 Å². The molecular formula is C13H27N3O2. The molecule has 0 heterocycles. The quantitative estimate of drug-likeness (QED) is 0.668. The highest BCUT2D eigenvalue weighted by molar-refractivity contribution is 5.84. The number of nitrogens with one attached hydrogen (secondary N) is 1. The van der Waals surface area contributed by atoms with Crippen LogP contribution in [0.3, 0.4) is 0 Å². The minimum absolute atomic E-state index is 0.0704. The molecule has 0 aliphatic rings. The molecule has 0 saturated heterocycles. The van der Waals surface area contributed by atoms with E-state index in [1.807, 2.05) is 6.92 Å². The molecule has 1 unspecified atom stereocenters. The van der Waals surface area contributed by atoms with Crippen molar-refractivity contribution < 1.29 is 9.59 Å². The van der Waals surface area contributed by atoms with Crippen LogP contribution in [0.15, 0.2) is 0 Å². The van der Waals surface area contributed by atoms with Gasteiger partial charge in [0.1, 0.15) is 0 Å². The van der Waals surface area contributed by atoms with Gasteiger partial charge in [0.25, 0.3) is 0 Å². The fraction of sp³-hybridized carbons (Fsp3) is 0.846. The number of nitrogens with zero attached hydrogens (tertiary/aromatic N) is 1. The Kier molecular flexibility index (Phi) is 8.37. The first kappa shape index (κ1) is 16.9. The van der Waals surface area contributed by atoms with Crippen LogP contribution in [0.25, 0.3) is 0 Å². The van der Waals surface area contributed by atoms with E-state index >= 15 is 0 Å². The molecule has 2 amide bonds. The van der Waals surface area contributed by atoms with Gasteiger partial charge >= 0.3 is 0 Å². The molecule has 0 saturated carbocycles. The maximum atomic E-state index is 11.7. The third kappa shape index (κ3) is 7.27. The number of nitrogens with two attached hydrogens (primary N) is 1. The maximum Gasteiger partial charge on any atom is 0.241 e. The Hall–Kier alpha value is -1.10. The van der Waals surface area contributed by atoms with E-state index in [2.05, 4.69) is 19.2 Å². The summed E-state index contributed by atoms with van der Waals surface area (Å²) in [6, 6.07) is 0. The fourth-order valence-corrected chi connectivity index (χ4v) is 1.75. The van der Waals surface area contributed by atoms with E-state index in [1.54, 1.807) is 11.9 Å². The van der Waals surface area contributed by atoms with Gasteiger partial charge in [0.15, 0.2) is 0 Å². The molecule has 0 aliphatic heterocycles. The molecule has 0 aromatic heterocycles. The molecule has 0 aromatic rings. The number of hydrogen-bond acceptors (Lipinski definition) is 3. The van der Waals surface area contributed by atoms with E-state index in [0.29, 0.717) is 25.4 Å². The minimum Gasteiger partial charge on any atom is -0.347 e. The minimum atomic E-state index is -0.0936.